The van der Waals surface area contributed by atoms with Crippen LogP contribution in [0.15, 0.2) is 18.2 Å². The van der Waals surface area contributed by atoms with Crippen molar-refractivity contribution in [2.24, 2.45) is 5.41 Å². The predicted molar refractivity (Wildman–Crippen MR) is 81.5 cm³/mol. The number of benzene rings is 1. The van der Waals surface area contributed by atoms with Gasteiger partial charge in [0.25, 0.3) is 0 Å². The zero-order valence-corrected chi connectivity index (χ0v) is 12.7. The highest BCUT2D eigenvalue weighted by atomic mass is 35.5. The lowest BCUT2D eigenvalue weighted by atomic mass is 9.88. The molecule has 1 aliphatic heterocycles. The molecule has 1 aliphatic rings. The molecule has 20 heavy (non-hydrogen) atoms. The Bertz CT molecular complexity index is 485. The van der Waals surface area contributed by atoms with Gasteiger partial charge in [-0.05, 0) is 44.5 Å². The molecule has 0 saturated carbocycles. The van der Waals surface area contributed by atoms with Crippen molar-refractivity contribution in [1.82, 2.24) is 5.32 Å². The second-order valence-electron chi connectivity index (χ2n) is 5.43. The molecule has 1 heterocycles. The van der Waals surface area contributed by atoms with E-state index in [1.54, 1.807) is 18.2 Å². The summed E-state index contributed by atoms with van der Waals surface area (Å²) in [4.78, 5) is 12.4. The average Bonchev–Trinajstić information content (AvgIpc) is 2.86. The minimum atomic E-state index is -0.371. The lowest BCUT2D eigenvalue weighted by Crippen LogP contribution is -2.35. The third-order valence-electron chi connectivity index (χ3n) is 3.57. The van der Waals surface area contributed by atoms with Gasteiger partial charge in [-0.2, -0.15) is 0 Å². The Balaban J connectivity index is 2.14. The number of hydrogen-bond donors (Lipinski definition) is 2. The van der Waals surface area contributed by atoms with Gasteiger partial charge in [0, 0.05) is 11.6 Å². The van der Waals surface area contributed by atoms with Crippen LogP contribution in [0.25, 0.3) is 0 Å². The Kier molecular flexibility index (Phi) is 4.89. The number of amides is 1. The smallest absolute Gasteiger partial charge is 0.231 e. The van der Waals surface area contributed by atoms with Crippen LogP contribution >= 0.6 is 11.6 Å². The molecular formula is C15H21ClN2O2. The van der Waals surface area contributed by atoms with E-state index >= 15 is 0 Å². The summed E-state index contributed by atoms with van der Waals surface area (Å²) in [5, 5.41) is 6.76. The Morgan fingerprint density at radius 3 is 3.00 bits per heavy atom. The molecule has 4 nitrogen and oxygen atoms in total. The number of anilines is 1. The molecule has 0 bridgehead atoms. The molecule has 1 aromatic carbocycles. The standard InChI is InChI=1S/C15H21ClN2O2/c1-3-8-20-13-5-4-11(16)9-12(13)18-14(19)15(2)6-7-17-10-15/h4-5,9,17H,3,6-8,10H2,1-2H3,(H,18,19). The molecule has 0 spiro atoms. The van der Waals surface area contributed by atoms with Crippen LogP contribution in [0.2, 0.25) is 5.02 Å². The molecule has 0 aromatic heterocycles. The molecule has 5 heteroatoms. The molecular weight excluding hydrogens is 276 g/mol. The van der Waals surface area contributed by atoms with Crippen molar-refractivity contribution in [2.75, 3.05) is 25.0 Å². The maximum Gasteiger partial charge on any atom is 0.231 e. The van der Waals surface area contributed by atoms with Gasteiger partial charge in [0.15, 0.2) is 0 Å². The van der Waals surface area contributed by atoms with Gasteiger partial charge in [0.1, 0.15) is 5.75 Å². The van der Waals surface area contributed by atoms with Crippen LogP contribution < -0.4 is 15.4 Å². The van der Waals surface area contributed by atoms with Crippen molar-refractivity contribution in [3.63, 3.8) is 0 Å². The molecule has 2 N–H and O–H groups in total. The Morgan fingerprint density at radius 2 is 2.35 bits per heavy atom. The van der Waals surface area contributed by atoms with E-state index in [1.807, 2.05) is 13.8 Å². The van der Waals surface area contributed by atoms with Crippen molar-refractivity contribution in [3.05, 3.63) is 23.2 Å². The zero-order chi connectivity index (χ0) is 14.6. The highest BCUT2D eigenvalue weighted by Crippen LogP contribution is 2.32. The summed E-state index contributed by atoms with van der Waals surface area (Å²) in [6, 6.07) is 5.29. The van der Waals surface area contributed by atoms with E-state index in [9.17, 15) is 4.79 Å². The minimum Gasteiger partial charge on any atom is -0.491 e. The van der Waals surface area contributed by atoms with E-state index in [-0.39, 0.29) is 11.3 Å². The first-order valence-corrected chi connectivity index (χ1v) is 7.37. The Morgan fingerprint density at radius 1 is 1.55 bits per heavy atom. The molecule has 110 valence electrons. The fourth-order valence-electron chi connectivity index (χ4n) is 2.22. The summed E-state index contributed by atoms with van der Waals surface area (Å²) in [7, 11) is 0. The Labute approximate surface area is 124 Å². The first-order valence-electron chi connectivity index (χ1n) is 7.00. The molecule has 1 aromatic rings. The number of hydrogen-bond acceptors (Lipinski definition) is 3. The molecule has 0 radical (unpaired) electrons. The van der Waals surface area contributed by atoms with E-state index in [4.69, 9.17) is 16.3 Å². The number of carbonyl (C=O) groups is 1. The molecule has 1 atom stereocenters. The van der Waals surface area contributed by atoms with Gasteiger partial charge in [0.05, 0.1) is 17.7 Å². The maximum absolute atomic E-state index is 12.4. The minimum absolute atomic E-state index is 0.00566. The highest BCUT2D eigenvalue weighted by Gasteiger charge is 2.36. The highest BCUT2D eigenvalue weighted by molar-refractivity contribution is 6.31. The van der Waals surface area contributed by atoms with E-state index in [0.29, 0.717) is 29.6 Å². The lowest BCUT2D eigenvalue weighted by Gasteiger charge is -2.22. The maximum atomic E-state index is 12.4. The summed E-state index contributed by atoms with van der Waals surface area (Å²) in [6.07, 6.45) is 1.75. The number of rotatable bonds is 5. The van der Waals surface area contributed by atoms with E-state index in [1.165, 1.54) is 0 Å². The Hall–Kier alpha value is -1.26. The molecule has 2 rings (SSSR count). The van der Waals surface area contributed by atoms with Crippen LogP contribution in [-0.4, -0.2) is 25.6 Å². The van der Waals surface area contributed by atoms with Crippen molar-refractivity contribution in [3.8, 4) is 5.75 Å². The molecule has 1 saturated heterocycles. The van der Waals surface area contributed by atoms with Crippen LogP contribution in [0.4, 0.5) is 5.69 Å². The van der Waals surface area contributed by atoms with Crippen molar-refractivity contribution in [2.45, 2.75) is 26.7 Å². The largest absolute Gasteiger partial charge is 0.491 e. The number of carbonyl (C=O) groups excluding carboxylic acids is 1. The van der Waals surface area contributed by atoms with Crippen LogP contribution in [0, 0.1) is 5.41 Å². The number of nitrogens with one attached hydrogen (secondary N) is 2. The van der Waals surface area contributed by atoms with Crippen molar-refractivity contribution >= 4 is 23.2 Å². The molecule has 0 aliphatic carbocycles. The third-order valence-corrected chi connectivity index (χ3v) is 3.80. The van der Waals surface area contributed by atoms with Gasteiger partial charge in [-0.15, -0.1) is 0 Å². The van der Waals surface area contributed by atoms with Crippen LogP contribution in [0.1, 0.15) is 26.7 Å². The predicted octanol–water partition coefficient (Wildman–Crippen LogP) is 3.07. The number of ether oxygens (including phenoxy) is 1. The fraction of sp³-hybridized carbons (Fsp3) is 0.533. The summed E-state index contributed by atoms with van der Waals surface area (Å²) in [6.45, 7) is 6.20. The SMILES string of the molecule is CCCOc1ccc(Cl)cc1NC(=O)C1(C)CCNC1. The second kappa shape index (κ2) is 6.46. The van der Waals surface area contributed by atoms with Gasteiger partial charge in [0.2, 0.25) is 5.91 Å². The van der Waals surface area contributed by atoms with Crippen LogP contribution in [0.3, 0.4) is 0 Å². The van der Waals surface area contributed by atoms with E-state index in [2.05, 4.69) is 10.6 Å². The van der Waals surface area contributed by atoms with E-state index in [0.717, 1.165) is 19.4 Å². The third kappa shape index (κ3) is 3.44. The van der Waals surface area contributed by atoms with Gasteiger partial charge >= 0.3 is 0 Å². The van der Waals surface area contributed by atoms with Gasteiger partial charge < -0.3 is 15.4 Å². The van der Waals surface area contributed by atoms with Gasteiger partial charge in [-0.1, -0.05) is 18.5 Å². The molecule has 1 unspecified atom stereocenters. The van der Waals surface area contributed by atoms with Gasteiger partial charge in [-0.3, -0.25) is 4.79 Å². The lowest BCUT2D eigenvalue weighted by molar-refractivity contribution is -0.123. The molecule has 1 fully saturated rings. The van der Waals surface area contributed by atoms with Crippen LogP contribution in [0.5, 0.6) is 5.75 Å². The summed E-state index contributed by atoms with van der Waals surface area (Å²) >= 11 is 6.01. The fourth-order valence-corrected chi connectivity index (χ4v) is 2.39. The quantitative estimate of drug-likeness (QED) is 0.878. The second-order valence-corrected chi connectivity index (χ2v) is 5.87. The summed E-state index contributed by atoms with van der Waals surface area (Å²) in [5.74, 6) is 0.672. The normalized spacial score (nSPS) is 21.8. The van der Waals surface area contributed by atoms with Crippen molar-refractivity contribution in [1.29, 1.82) is 0 Å². The van der Waals surface area contributed by atoms with Crippen LogP contribution in [-0.2, 0) is 4.79 Å². The first-order chi connectivity index (χ1) is 9.55. The zero-order valence-electron chi connectivity index (χ0n) is 12.0. The van der Waals surface area contributed by atoms with E-state index < -0.39 is 0 Å². The molecule has 1 amide bonds. The number of halogens is 1. The monoisotopic (exact) mass is 296 g/mol. The van der Waals surface area contributed by atoms with Crippen molar-refractivity contribution < 1.29 is 9.53 Å². The topological polar surface area (TPSA) is 50.4 Å². The average molecular weight is 297 g/mol. The first kappa shape index (κ1) is 15.1. The summed E-state index contributed by atoms with van der Waals surface area (Å²) in [5.41, 5.74) is 0.272. The van der Waals surface area contributed by atoms with Gasteiger partial charge in [-0.25, -0.2) is 0 Å². The summed E-state index contributed by atoms with van der Waals surface area (Å²) < 4.78 is 5.65.